The summed E-state index contributed by atoms with van der Waals surface area (Å²) in [6.45, 7) is -0.723. The summed E-state index contributed by atoms with van der Waals surface area (Å²) in [7, 11) is 0. The van der Waals surface area contributed by atoms with Crippen LogP contribution in [0.1, 0.15) is 12.1 Å². The molecule has 12 nitrogen and oxygen atoms in total. The molecule has 1 aromatic heterocycles. The van der Waals surface area contributed by atoms with Crippen molar-refractivity contribution in [1.82, 2.24) is 25.9 Å². The van der Waals surface area contributed by atoms with Gasteiger partial charge in [0.05, 0.1) is 19.0 Å². The second-order valence-corrected chi connectivity index (χ2v) is 7.91. The number of hydrogen-bond donors (Lipinski definition) is 8. The molecule has 1 rings (SSSR count). The maximum atomic E-state index is 12.6. The van der Waals surface area contributed by atoms with Crippen molar-refractivity contribution >= 4 is 48.1 Å². The molecular weight excluding hydrogens is 448 g/mol. The molecule has 0 saturated heterocycles. The predicted octanol–water partition coefficient (Wildman–Crippen LogP) is -2.51. The Kier molecular flexibility index (Phi) is 12.0. The number of aliphatic carboxylic acids is 1. The summed E-state index contributed by atoms with van der Waals surface area (Å²) in [4.78, 5) is 55.1. The lowest BCUT2D eigenvalue weighted by molar-refractivity contribution is -0.141. The van der Waals surface area contributed by atoms with Gasteiger partial charge in [0.2, 0.25) is 17.7 Å². The second-order valence-electron chi connectivity index (χ2n) is 6.56. The number of aliphatic hydroxyl groups is 1. The highest BCUT2D eigenvalue weighted by Crippen LogP contribution is 2.04. The highest BCUT2D eigenvalue weighted by atomic mass is 32.2. The van der Waals surface area contributed by atoms with Crippen molar-refractivity contribution < 1.29 is 29.4 Å². The maximum Gasteiger partial charge on any atom is 0.327 e. The molecule has 3 amide bonds. The number of amides is 3. The molecule has 0 aliphatic carbocycles. The zero-order chi connectivity index (χ0) is 23.4. The number of aromatic nitrogens is 2. The summed E-state index contributed by atoms with van der Waals surface area (Å²) in [5.74, 6) is -3.07. The zero-order valence-corrected chi connectivity index (χ0v) is 18.6. The van der Waals surface area contributed by atoms with Crippen LogP contribution in [0.2, 0.25) is 0 Å². The lowest BCUT2D eigenvalue weighted by Crippen LogP contribution is -2.58. The number of thioether (sulfide) groups is 1. The molecule has 4 atom stereocenters. The molecule has 0 saturated carbocycles. The number of carbonyl (C=O) groups is 4. The second kappa shape index (κ2) is 13.9. The summed E-state index contributed by atoms with van der Waals surface area (Å²) >= 11 is 5.32. The molecule has 0 aliphatic heterocycles. The molecule has 0 bridgehead atoms. The van der Waals surface area contributed by atoms with Crippen LogP contribution in [0.5, 0.6) is 0 Å². The summed E-state index contributed by atoms with van der Waals surface area (Å²) in [6.07, 6.45) is 5.11. The number of carboxylic acids is 1. The van der Waals surface area contributed by atoms with Gasteiger partial charge in [-0.15, -0.1) is 0 Å². The van der Waals surface area contributed by atoms with E-state index in [0.717, 1.165) is 0 Å². The number of carbonyl (C=O) groups excluding carboxylic acids is 3. The van der Waals surface area contributed by atoms with E-state index < -0.39 is 54.5 Å². The Balaban J connectivity index is 2.75. The van der Waals surface area contributed by atoms with Crippen molar-refractivity contribution in [2.24, 2.45) is 5.73 Å². The molecule has 0 fully saturated rings. The minimum absolute atomic E-state index is 0.131. The van der Waals surface area contributed by atoms with Crippen LogP contribution in [0.25, 0.3) is 0 Å². The van der Waals surface area contributed by atoms with Gasteiger partial charge >= 0.3 is 5.97 Å². The van der Waals surface area contributed by atoms with Gasteiger partial charge in [-0.3, -0.25) is 14.4 Å². The summed E-state index contributed by atoms with van der Waals surface area (Å²) in [5, 5.41) is 25.7. The first-order valence-corrected chi connectivity index (χ1v) is 11.3. The molecule has 1 heterocycles. The first-order chi connectivity index (χ1) is 14.7. The van der Waals surface area contributed by atoms with Gasteiger partial charge in [-0.1, -0.05) is 0 Å². The number of nitrogens with zero attached hydrogens (tertiary/aromatic N) is 1. The van der Waals surface area contributed by atoms with Crippen LogP contribution in [0, 0.1) is 0 Å². The Morgan fingerprint density at radius 3 is 2.29 bits per heavy atom. The molecule has 0 aromatic carbocycles. The van der Waals surface area contributed by atoms with E-state index in [2.05, 4.69) is 38.5 Å². The lowest BCUT2D eigenvalue weighted by Gasteiger charge is -2.24. The number of nitrogens with one attached hydrogen (secondary N) is 4. The molecule has 0 spiro atoms. The fourth-order valence-corrected chi connectivity index (χ4v) is 3.15. The monoisotopic (exact) mass is 476 g/mol. The molecule has 174 valence electrons. The third-order valence-corrected chi connectivity index (χ3v) is 5.20. The van der Waals surface area contributed by atoms with Gasteiger partial charge in [0.1, 0.15) is 18.1 Å². The van der Waals surface area contributed by atoms with E-state index in [9.17, 15) is 24.3 Å². The van der Waals surface area contributed by atoms with E-state index in [-0.39, 0.29) is 18.6 Å². The Bertz CT molecular complexity index is 735. The fraction of sp³-hybridized carbons (Fsp3) is 0.588. The lowest BCUT2D eigenvalue weighted by atomic mass is 10.1. The van der Waals surface area contributed by atoms with Crippen LogP contribution in [0.4, 0.5) is 0 Å². The smallest absolute Gasteiger partial charge is 0.327 e. The average Bonchev–Trinajstić information content (AvgIpc) is 3.25. The highest BCUT2D eigenvalue weighted by molar-refractivity contribution is 7.98. The Labute approximate surface area is 188 Å². The summed E-state index contributed by atoms with van der Waals surface area (Å²) < 4.78 is 0. The summed E-state index contributed by atoms with van der Waals surface area (Å²) in [5.41, 5.74) is 6.45. The molecule has 0 radical (unpaired) electrons. The standard InChI is InChI=1S/C17H28N6O6S2/c1-31-3-2-11(15(26)23-13(7-30)17(28)29)21-16(27)12(6-24)22-14(25)10(18)4-9-5-19-8-20-9/h5,8,10-13,24,30H,2-4,6-7,18H2,1H3,(H,19,20)(H,21,27)(H,22,25)(H,23,26)(H,28,29). The molecule has 4 unspecified atom stereocenters. The molecule has 14 heteroatoms. The Hall–Kier alpha value is -2.29. The Morgan fingerprint density at radius 1 is 1.16 bits per heavy atom. The van der Waals surface area contributed by atoms with E-state index in [0.29, 0.717) is 11.4 Å². The molecule has 1 aromatic rings. The molecule has 31 heavy (non-hydrogen) atoms. The van der Waals surface area contributed by atoms with Crippen molar-refractivity contribution in [2.45, 2.75) is 37.0 Å². The zero-order valence-electron chi connectivity index (χ0n) is 16.9. The van der Waals surface area contributed by atoms with Gasteiger partial charge < -0.3 is 36.9 Å². The number of aliphatic hydroxyl groups excluding tert-OH is 1. The molecular formula is C17H28N6O6S2. The van der Waals surface area contributed by atoms with E-state index in [1.54, 1.807) is 0 Å². The van der Waals surface area contributed by atoms with Crippen LogP contribution in [0.15, 0.2) is 12.5 Å². The number of nitrogens with two attached hydrogens (primary N) is 1. The molecule has 8 N–H and O–H groups in total. The first-order valence-electron chi connectivity index (χ1n) is 9.30. The van der Waals surface area contributed by atoms with Gasteiger partial charge in [0, 0.05) is 24.1 Å². The number of aromatic amines is 1. The number of rotatable bonds is 14. The maximum absolute atomic E-state index is 12.6. The van der Waals surface area contributed by atoms with Gasteiger partial charge in [0.15, 0.2) is 0 Å². The quantitative estimate of drug-likeness (QED) is 0.134. The topological polar surface area (TPSA) is 200 Å². The van der Waals surface area contributed by atoms with Crippen LogP contribution in [-0.2, 0) is 25.6 Å². The number of imidazole rings is 1. The van der Waals surface area contributed by atoms with E-state index in [4.69, 9.17) is 10.8 Å². The third-order valence-electron chi connectivity index (χ3n) is 4.19. The minimum Gasteiger partial charge on any atom is -0.480 e. The van der Waals surface area contributed by atoms with Gasteiger partial charge in [0.25, 0.3) is 0 Å². The van der Waals surface area contributed by atoms with Gasteiger partial charge in [-0.2, -0.15) is 24.4 Å². The average molecular weight is 477 g/mol. The molecule has 0 aliphatic rings. The fourth-order valence-electron chi connectivity index (χ4n) is 2.43. The first kappa shape index (κ1) is 26.7. The normalized spacial score (nSPS) is 14.7. The van der Waals surface area contributed by atoms with Crippen LogP contribution < -0.4 is 21.7 Å². The number of carboxylic acid groups (broad SMARTS) is 1. The van der Waals surface area contributed by atoms with Crippen molar-refractivity contribution in [3.05, 3.63) is 18.2 Å². The van der Waals surface area contributed by atoms with E-state index in [1.807, 2.05) is 6.26 Å². The van der Waals surface area contributed by atoms with Crippen LogP contribution in [0.3, 0.4) is 0 Å². The van der Waals surface area contributed by atoms with Crippen molar-refractivity contribution in [3.63, 3.8) is 0 Å². The van der Waals surface area contributed by atoms with Crippen molar-refractivity contribution in [3.8, 4) is 0 Å². The number of hydrogen-bond acceptors (Lipinski definition) is 9. The number of thiol groups is 1. The largest absolute Gasteiger partial charge is 0.480 e. The Morgan fingerprint density at radius 2 is 1.77 bits per heavy atom. The predicted molar refractivity (Wildman–Crippen MR) is 118 cm³/mol. The van der Waals surface area contributed by atoms with E-state index in [1.165, 1.54) is 24.3 Å². The van der Waals surface area contributed by atoms with Crippen LogP contribution >= 0.6 is 24.4 Å². The summed E-state index contributed by atoms with van der Waals surface area (Å²) in [6, 6.07) is -4.63. The minimum atomic E-state index is -1.34. The third kappa shape index (κ3) is 9.16. The number of H-pyrrole nitrogens is 1. The van der Waals surface area contributed by atoms with Crippen molar-refractivity contribution in [1.29, 1.82) is 0 Å². The van der Waals surface area contributed by atoms with E-state index >= 15 is 0 Å². The SMILES string of the molecule is CSCCC(NC(=O)C(CO)NC(=O)C(N)Cc1cnc[nH]1)C(=O)NC(CS)C(=O)O. The van der Waals surface area contributed by atoms with Crippen molar-refractivity contribution in [2.75, 3.05) is 24.4 Å². The highest BCUT2D eigenvalue weighted by Gasteiger charge is 2.29. The van der Waals surface area contributed by atoms with Crippen LogP contribution in [-0.4, -0.2) is 92.4 Å². The van der Waals surface area contributed by atoms with Gasteiger partial charge in [-0.25, -0.2) is 9.78 Å². The van der Waals surface area contributed by atoms with Gasteiger partial charge in [-0.05, 0) is 18.4 Å².